The fourth-order valence-electron chi connectivity index (χ4n) is 4.68. The molecule has 8 nitrogen and oxygen atoms in total. The van der Waals surface area contributed by atoms with E-state index in [1.165, 1.54) is 11.1 Å². The van der Waals surface area contributed by atoms with Crippen molar-refractivity contribution in [1.29, 1.82) is 0 Å². The summed E-state index contributed by atoms with van der Waals surface area (Å²) < 4.78 is 5.16. The monoisotopic (exact) mass is 464 g/mol. The van der Waals surface area contributed by atoms with Gasteiger partial charge in [-0.15, -0.1) is 0 Å². The molecule has 0 aliphatic carbocycles. The number of imide groups is 1. The van der Waals surface area contributed by atoms with Crippen LogP contribution in [0.4, 0.5) is 4.79 Å². The number of hydrogen-bond acceptors (Lipinski definition) is 5. The summed E-state index contributed by atoms with van der Waals surface area (Å²) in [5.74, 6) is -0.101. The molecule has 4 amide bonds. The minimum Gasteiger partial charge on any atom is -0.497 e. The molecule has 8 heteroatoms. The van der Waals surface area contributed by atoms with Crippen molar-refractivity contribution >= 4 is 17.8 Å². The number of urea groups is 1. The quantitative estimate of drug-likeness (QED) is 0.615. The predicted octanol–water partition coefficient (Wildman–Crippen LogP) is 2.55. The molecular weight excluding hydrogens is 432 g/mol. The third-order valence-corrected chi connectivity index (χ3v) is 6.69. The summed E-state index contributed by atoms with van der Waals surface area (Å²) in [6.45, 7) is 6.12. The molecule has 0 spiro atoms. The highest BCUT2D eigenvalue weighted by molar-refractivity contribution is 6.09. The van der Waals surface area contributed by atoms with Crippen molar-refractivity contribution in [2.75, 3.05) is 26.7 Å². The van der Waals surface area contributed by atoms with E-state index in [1.807, 2.05) is 0 Å². The number of amides is 4. The van der Waals surface area contributed by atoms with Crippen molar-refractivity contribution in [3.63, 3.8) is 0 Å². The van der Waals surface area contributed by atoms with Crippen LogP contribution in [0.3, 0.4) is 0 Å². The van der Waals surface area contributed by atoms with Gasteiger partial charge in [0.15, 0.2) is 0 Å². The number of rotatable bonds is 7. The van der Waals surface area contributed by atoms with E-state index in [9.17, 15) is 14.4 Å². The smallest absolute Gasteiger partial charge is 0.325 e. The highest BCUT2D eigenvalue weighted by atomic mass is 16.5. The Morgan fingerprint density at radius 2 is 1.85 bits per heavy atom. The first kappa shape index (κ1) is 23.8. The average Bonchev–Trinajstić information content (AvgIpc) is 3.04. The largest absolute Gasteiger partial charge is 0.497 e. The predicted molar refractivity (Wildman–Crippen MR) is 128 cm³/mol. The molecule has 180 valence electrons. The average molecular weight is 465 g/mol. The zero-order valence-electron chi connectivity index (χ0n) is 20.0. The highest BCUT2D eigenvalue weighted by Gasteiger charge is 2.49. The van der Waals surface area contributed by atoms with Gasteiger partial charge in [0.2, 0.25) is 5.91 Å². The summed E-state index contributed by atoms with van der Waals surface area (Å²) in [6, 6.07) is 14.9. The van der Waals surface area contributed by atoms with Gasteiger partial charge in [0.25, 0.3) is 5.91 Å². The fourth-order valence-corrected chi connectivity index (χ4v) is 4.68. The number of aryl methyl sites for hydroxylation is 1. The maximum atomic E-state index is 13.1. The lowest BCUT2D eigenvalue weighted by Crippen LogP contribution is -2.48. The first-order valence-corrected chi connectivity index (χ1v) is 11.6. The molecule has 2 aromatic carbocycles. The van der Waals surface area contributed by atoms with Crippen molar-refractivity contribution in [3.05, 3.63) is 65.2 Å². The van der Waals surface area contributed by atoms with Crippen molar-refractivity contribution in [2.45, 2.75) is 44.8 Å². The molecule has 0 bridgehead atoms. The molecule has 2 aromatic rings. The molecule has 2 fully saturated rings. The molecule has 1 atom stereocenters. The minimum atomic E-state index is -1.22. The SMILES string of the molecule is COc1ccc(C2(C)NC(=O)N(CC(=O)NC3CCN(Cc4cccc(C)c4)CC3)C2=O)cc1. The number of hydrogen-bond donors (Lipinski definition) is 2. The third kappa shape index (κ3) is 5.07. The van der Waals surface area contributed by atoms with Crippen LogP contribution in [0.15, 0.2) is 48.5 Å². The Labute approximate surface area is 200 Å². The number of likely N-dealkylation sites (tertiary alicyclic amines) is 1. The van der Waals surface area contributed by atoms with Gasteiger partial charge in [0.05, 0.1) is 7.11 Å². The summed E-state index contributed by atoms with van der Waals surface area (Å²) in [6.07, 6.45) is 1.67. The van der Waals surface area contributed by atoms with Crippen molar-refractivity contribution < 1.29 is 19.1 Å². The van der Waals surface area contributed by atoms with E-state index in [2.05, 4.69) is 46.7 Å². The second-order valence-electron chi connectivity index (χ2n) is 9.28. The molecule has 4 rings (SSSR count). The molecule has 0 radical (unpaired) electrons. The van der Waals surface area contributed by atoms with E-state index in [-0.39, 0.29) is 18.5 Å². The van der Waals surface area contributed by atoms with Crippen LogP contribution in [0.2, 0.25) is 0 Å². The van der Waals surface area contributed by atoms with Gasteiger partial charge in [-0.3, -0.25) is 19.4 Å². The molecule has 0 saturated carbocycles. The number of benzene rings is 2. The Kier molecular flexibility index (Phi) is 6.88. The lowest BCUT2D eigenvalue weighted by Gasteiger charge is -2.32. The van der Waals surface area contributed by atoms with Crippen LogP contribution in [0.5, 0.6) is 5.75 Å². The molecule has 0 aromatic heterocycles. The second kappa shape index (κ2) is 9.85. The normalized spacial score (nSPS) is 21.4. The summed E-state index contributed by atoms with van der Waals surface area (Å²) >= 11 is 0. The number of carbonyl (C=O) groups is 3. The van der Waals surface area contributed by atoms with E-state index in [4.69, 9.17) is 4.74 Å². The Balaban J connectivity index is 1.29. The maximum absolute atomic E-state index is 13.1. The minimum absolute atomic E-state index is 0.0370. The first-order valence-electron chi connectivity index (χ1n) is 11.6. The van der Waals surface area contributed by atoms with E-state index < -0.39 is 17.5 Å². The maximum Gasteiger partial charge on any atom is 0.325 e. The van der Waals surface area contributed by atoms with Crippen molar-refractivity contribution in [3.8, 4) is 5.75 Å². The molecule has 2 heterocycles. The van der Waals surface area contributed by atoms with Crippen LogP contribution in [-0.2, 0) is 21.7 Å². The number of methoxy groups -OCH3 is 1. The zero-order valence-corrected chi connectivity index (χ0v) is 20.0. The third-order valence-electron chi connectivity index (χ3n) is 6.69. The molecule has 2 saturated heterocycles. The van der Waals surface area contributed by atoms with Crippen LogP contribution in [0.25, 0.3) is 0 Å². The molecule has 2 aliphatic rings. The van der Waals surface area contributed by atoms with Gasteiger partial charge in [-0.05, 0) is 49.9 Å². The summed E-state index contributed by atoms with van der Waals surface area (Å²) in [5, 5.41) is 5.74. The van der Waals surface area contributed by atoms with Gasteiger partial charge in [0, 0.05) is 25.7 Å². The Morgan fingerprint density at radius 3 is 2.50 bits per heavy atom. The molecule has 2 aliphatic heterocycles. The van der Waals surface area contributed by atoms with Crippen LogP contribution in [0, 0.1) is 6.92 Å². The molecule has 34 heavy (non-hydrogen) atoms. The lowest BCUT2D eigenvalue weighted by atomic mass is 9.92. The van der Waals surface area contributed by atoms with Crippen LogP contribution < -0.4 is 15.4 Å². The van der Waals surface area contributed by atoms with Gasteiger partial charge in [-0.2, -0.15) is 0 Å². The van der Waals surface area contributed by atoms with Crippen LogP contribution in [-0.4, -0.2) is 60.4 Å². The van der Waals surface area contributed by atoms with E-state index in [0.29, 0.717) is 11.3 Å². The number of nitrogens with one attached hydrogen (secondary N) is 2. The number of ether oxygens (including phenoxy) is 1. The zero-order chi connectivity index (χ0) is 24.3. The summed E-state index contributed by atoms with van der Waals surface area (Å²) in [7, 11) is 1.56. The van der Waals surface area contributed by atoms with Crippen molar-refractivity contribution in [2.24, 2.45) is 0 Å². The van der Waals surface area contributed by atoms with Gasteiger partial charge < -0.3 is 15.4 Å². The van der Waals surface area contributed by atoms with E-state index in [1.54, 1.807) is 38.3 Å². The van der Waals surface area contributed by atoms with Crippen LogP contribution in [0.1, 0.15) is 36.5 Å². The van der Waals surface area contributed by atoms with Crippen LogP contribution >= 0.6 is 0 Å². The molecule has 1 unspecified atom stereocenters. The highest BCUT2D eigenvalue weighted by Crippen LogP contribution is 2.30. The Morgan fingerprint density at radius 1 is 1.15 bits per heavy atom. The summed E-state index contributed by atoms with van der Waals surface area (Å²) in [4.78, 5) is 41.7. The van der Waals surface area contributed by atoms with Gasteiger partial charge in [-0.1, -0.05) is 42.0 Å². The van der Waals surface area contributed by atoms with E-state index >= 15 is 0 Å². The summed E-state index contributed by atoms with van der Waals surface area (Å²) in [5.41, 5.74) is 1.96. The number of nitrogens with zero attached hydrogens (tertiary/aromatic N) is 2. The fraction of sp³-hybridized carbons (Fsp3) is 0.423. The van der Waals surface area contributed by atoms with E-state index in [0.717, 1.165) is 37.4 Å². The van der Waals surface area contributed by atoms with Crippen molar-refractivity contribution in [1.82, 2.24) is 20.4 Å². The Hall–Kier alpha value is -3.39. The standard InChI is InChI=1S/C26H32N4O4/c1-18-5-4-6-19(15-18)16-29-13-11-21(12-14-29)27-23(31)17-30-24(32)26(2,28-25(30)33)20-7-9-22(34-3)10-8-20/h4-10,15,21H,11-14,16-17H2,1-3H3,(H,27,31)(H,28,33). The molecule has 2 N–H and O–H groups in total. The first-order chi connectivity index (χ1) is 16.3. The number of piperidine rings is 1. The topological polar surface area (TPSA) is 91.0 Å². The Bertz CT molecular complexity index is 1060. The van der Waals surface area contributed by atoms with Gasteiger partial charge in [-0.25, -0.2) is 4.79 Å². The van der Waals surface area contributed by atoms with Gasteiger partial charge in [0.1, 0.15) is 17.8 Å². The molecular formula is C26H32N4O4. The second-order valence-corrected chi connectivity index (χ2v) is 9.28. The van der Waals surface area contributed by atoms with Gasteiger partial charge >= 0.3 is 6.03 Å². The number of carbonyl (C=O) groups excluding carboxylic acids is 3. The lowest BCUT2D eigenvalue weighted by molar-refractivity contribution is -0.135.